The van der Waals surface area contributed by atoms with Gasteiger partial charge >= 0.3 is 5.91 Å². The molecule has 1 saturated heterocycles. The Bertz CT molecular complexity index is 1640. The summed E-state index contributed by atoms with van der Waals surface area (Å²) in [7, 11) is 0. The number of rotatable bonds is 11. The van der Waals surface area contributed by atoms with Crippen LogP contribution < -0.4 is 14.4 Å². The van der Waals surface area contributed by atoms with Crippen molar-refractivity contribution in [1.82, 2.24) is 4.98 Å². The third kappa shape index (κ3) is 5.90. The monoisotopic (exact) mass is 584 g/mol. The van der Waals surface area contributed by atoms with Crippen LogP contribution in [0.3, 0.4) is 0 Å². The summed E-state index contributed by atoms with van der Waals surface area (Å²) in [5.41, 5.74) is 3.96. The second-order valence-electron chi connectivity index (χ2n) is 10.6. The minimum atomic E-state index is -0.887. The summed E-state index contributed by atoms with van der Waals surface area (Å²) >= 11 is 1.36. The van der Waals surface area contributed by atoms with Crippen LogP contribution in [0.25, 0.3) is 16.0 Å². The van der Waals surface area contributed by atoms with Gasteiger partial charge in [0.25, 0.3) is 5.78 Å². The Balaban J connectivity index is 1.62. The number of nitrogens with zero attached hydrogens (tertiary/aromatic N) is 2. The van der Waals surface area contributed by atoms with Gasteiger partial charge in [-0.05, 0) is 85.8 Å². The van der Waals surface area contributed by atoms with E-state index in [1.54, 1.807) is 24.3 Å². The molecule has 0 saturated carbocycles. The molecule has 0 aliphatic carbocycles. The number of aryl methyl sites for hydroxylation is 2. The maximum Gasteiger partial charge on any atom is 0.301 e. The van der Waals surface area contributed by atoms with Crippen molar-refractivity contribution in [2.24, 2.45) is 0 Å². The average molecular weight is 585 g/mol. The lowest BCUT2D eigenvalue weighted by molar-refractivity contribution is -0.132. The van der Waals surface area contributed by atoms with Crippen molar-refractivity contribution in [3.05, 3.63) is 88.5 Å². The number of ketones is 1. The Hall–Kier alpha value is -4.17. The van der Waals surface area contributed by atoms with Crippen molar-refractivity contribution in [3.8, 4) is 11.5 Å². The fourth-order valence-electron chi connectivity index (χ4n) is 5.21. The fourth-order valence-corrected chi connectivity index (χ4v) is 6.38. The van der Waals surface area contributed by atoms with E-state index in [-0.39, 0.29) is 11.3 Å². The van der Waals surface area contributed by atoms with Crippen LogP contribution in [-0.4, -0.2) is 35.0 Å². The van der Waals surface area contributed by atoms with Crippen LogP contribution in [0.15, 0.2) is 66.2 Å². The number of anilines is 1. The quantitative estimate of drug-likeness (QED) is 0.0834. The highest BCUT2D eigenvalue weighted by atomic mass is 32.1. The number of ether oxygens (including phenoxy) is 2. The van der Waals surface area contributed by atoms with Crippen molar-refractivity contribution in [3.63, 3.8) is 0 Å². The van der Waals surface area contributed by atoms with Crippen LogP contribution in [0.5, 0.6) is 11.5 Å². The van der Waals surface area contributed by atoms with E-state index >= 15 is 0 Å². The van der Waals surface area contributed by atoms with Crippen LogP contribution in [-0.2, 0) is 9.59 Å². The molecule has 1 aliphatic rings. The van der Waals surface area contributed by atoms with Gasteiger partial charge in [-0.1, -0.05) is 56.2 Å². The number of aromatic nitrogens is 1. The molecule has 5 rings (SSSR count). The molecule has 0 radical (unpaired) electrons. The topological polar surface area (TPSA) is 89.0 Å². The molecule has 8 heteroatoms. The summed E-state index contributed by atoms with van der Waals surface area (Å²) in [5, 5.41) is 12.0. The summed E-state index contributed by atoms with van der Waals surface area (Å²) < 4.78 is 12.6. The normalized spacial score (nSPS) is 16.4. The van der Waals surface area contributed by atoms with Crippen molar-refractivity contribution in [2.45, 2.75) is 59.4 Å². The summed E-state index contributed by atoms with van der Waals surface area (Å²) in [6.07, 6.45) is 3.96. The van der Waals surface area contributed by atoms with Crippen molar-refractivity contribution >= 4 is 44.1 Å². The number of fused-ring (bicyclic) bond motifs is 1. The number of aliphatic hydroxyl groups is 1. The van der Waals surface area contributed by atoms with Crippen molar-refractivity contribution < 1.29 is 24.2 Å². The number of Topliss-reactive ketones (excluding diaryl/α,β-unsaturated/α-hetero) is 1. The minimum Gasteiger partial charge on any atom is -0.507 e. The molecule has 1 fully saturated rings. The molecule has 1 unspecified atom stereocenters. The second kappa shape index (κ2) is 12.8. The lowest BCUT2D eigenvalue weighted by Crippen LogP contribution is -2.29. The molecular formula is C34H36N2O5S. The predicted octanol–water partition coefficient (Wildman–Crippen LogP) is 7.90. The molecule has 1 amide bonds. The molecule has 2 heterocycles. The number of thiazole rings is 1. The Morgan fingerprint density at radius 1 is 0.929 bits per heavy atom. The van der Waals surface area contributed by atoms with E-state index in [0.717, 1.165) is 47.0 Å². The molecule has 7 nitrogen and oxygen atoms in total. The van der Waals surface area contributed by atoms with E-state index in [1.807, 2.05) is 57.2 Å². The fraction of sp³-hybridized carbons (Fsp3) is 0.324. The standard InChI is InChI=1S/C34H36N2O5S/c1-5-7-8-17-41-26-11-9-10-24(20-26)30-28(31(37)23-12-14-25(15-13-23)40-16-6-2)32(38)33(39)36(30)34-35-29-22(4)18-21(3)19-27(29)42-34/h9-15,18-20,30,37H,5-8,16-17H2,1-4H3/b31-28+. The highest BCUT2D eigenvalue weighted by molar-refractivity contribution is 7.22. The number of carbonyl (C=O) groups is 2. The number of unbranched alkanes of at least 4 members (excludes halogenated alkanes) is 2. The Labute approximate surface area is 250 Å². The molecule has 1 aromatic heterocycles. The van der Waals surface area contributed by atoms with E-state index in [2.05, 4.69) is 6.92 Å². The third-order valence-corrected chi connectivity index (χ3v) is 8.26. The first-order chi connectivity index (χ1) is 20.3. The van der Waals surface area contributed by atoms with Crippen LogP contribution in [0, 0.1) is 13.8 Å². The predicted molar refractivity (Wildman–Crippen MR) is 168 cm³/mol. The van der Waals surface area contributed by atoms with Gasteiger partial charge in [-0.3, -0.25) is 14.5 Å². The van der Waals surface area contributed by atoms with Gasteiger partial charge in [0, 0.05) is 5.56 Å². The molecule has 218 valence electrons. The van der Waals surface area contributed by atoms with Crippen molar-refractivity contribution in [1.29, 1.82) is 0 Å². The van der Waals surface area contributed by atoms with E-state index in [4.69, 9.17) is 14.5 Å². The Morgan fingerprint density at radius 2 is 1.69 bits per heavy atom. The molecule has 1 N–H and O–H groups in total. The van der Waals surface area contributed by atoms with Crippen LogP contribution in [0.2, 0.25) is 0 Å². The maximum absolute atomic E-state index is 13.7. The number of hydrogen-bond donors (Lipinski definition) is 1. The summed E-state index contributed by atoms with van der Waals surface area (Å²) in [6.45, 7) is 9.31. The van der Waals surface area contributed by atoms with Gasteiger partial charge in [-0.15, -0.1) is 0 Å². The second-order valence-corrected chi connectivity index (χ2v) is 11.6. The van der Waals surface area contributed by atoms with Crippen LogP contribution in [0.1, 0.15) is 67.8 Å². The van der Waals surface area contributed by atoms with E-state index in [9.17, 15) is 14.7 Å². The maximum atomic E-state index is 13.7. The highest BCUT2D eigenvalue weighted by Gasteiger charge is 2.48. The number of hydrogen-bond acceptors (Lipinski definition) is 7. The van der Waals surface area contributed by atoms with E-state index in [0.29, 0.717) is 41.0 Å². The number of benzene rings is 3. The average Bonchev–Trinajstić information content (AvgIpc) is 3.52. The third-order valence-electron chi connectivity index (χ3n) is 7.26. The molecule has 4 aromatic rings. The highest BCUT2D eigenvalue weighted by Crippen LogP contribution is 2.45. The first-order valence-corrected chi connectivity index (χ1v) is 15.3. The molecule has 0 bridgehead atoms. The molecule has 0 spiro atoms. The lowest BCUT2D eigenvalue weighted by Gasteiger charge is -2.23. The molecule has 3 aromatic carbocycles. The zero-order valence-electron chi connectivity index (χ0n) is 24.5. The molecule has 1 aliphatic heterocycles. The lowest BCUT2D eigenvalue weighted by atomic mass is 9.95. The minimum absolute atomic E-state index is 0.0116. The van der Waals surface area contributed by atoms with Crippen LogP contribution >= 0.6 is 11.3 Å². The first-order valence-electron chi connectivity index (χ1n) is 14.5. The Morgan fingerprint density at radius 3 is 2.43 bits per heavy atom. The molecule has 42 heavy (non-hydrogen) atoms. The summed E-state index contributed by atoms with van der Waals surface area (Å²) in [4.78, 5) is 33.6. The van der Waals surface area contributed by atoms with Gasteiger partial charge in [0.2, 0.25) is 0 Å². The summed E-state index contributed by atoms with van der Waals surface area (Å²) in [5.74, 6) is -0.427. The van der Waals surface area contributed by atoms with Gasteiger partial charge in [-0.25, -0.2) is 4.98 Å². The number of carbonyl (C=O) groups excluding carboxylic acids is 2. The van der Waals surface area contributed by atoms with Crippen molar-refractivity contribution in [2.75, 3.05) is 18.1 Å². The van der Waals surface area contributed by atoms with Gasteiger partial charge in [0.1, 0.15) is 17.3 Å². The number of amides is 1. The van der Waals surface area contributed by atoms with Gasteiger partial charge in [0.05, 0.1) is 35.0 Å². The molecule has 1 atom stereocenters. The van der Waals surface area contributed by atoms with Gasteiger partial charge < -0.3 is 14.6 Å². The zero-order valence-corrected chi connectivity index (χ0v) is 25.3. The SMILES string of the molecule is CCCCCOc1cccc(C2/C(=C(\O)c3ccc(OCCC)cc3)C(=O)C(=O)N2c2nc3c(C)cc(C)cc3s2)c1. The van der Waals surface area contributed by atoms with Crippen LogP contribution in [0.4, 0.5) is 5.13 Å². The van der Waals surface area contributed by atoms with Gasteiger partial charge in [-0.2, -0.15) is 0 Å². The molecular weight excluding hydrogens is 548 g/mol. The zero-order chi connectivity index (χ0) is 29.8. The first kappa shape index (κ1) is 29.3. The summed E-state index contributed by atoms with van der Waals surface area (Å²) in [6, 6.07) is 17.5. The smallest absolute Gasteiger partial charge is 0.301 e. The van der Waals surface area contributed by atoms with Gasteiger partial charge in [0.15, 0.2) is 5.13 Å². The Kier molecular flexibility index (Phi) is 8.92. The van der Waals surface area contributed by atoms with E-state index < -0.39 is 17.7 Å². The number of aliphatic hydroxyl groups excluding tert-OH is 1. The van der Waals surface area contributed by atoms with E-state index in [1.165, 1.54) is 16.2 Å². The largest absolute Gasteiger partial charge is 0.507 e.